The molecule has 1 aliphatic heterocycles. The van der Waals surface area contributed by atoms with Gasteiger partial charge in [0.1, 0.15) is 12.8 Å². The van der Waals surface area contributed by atoms with Crippen molar-refractivity contribution >= 4 is 24.1 Å². The van der Waals surface area contributed by atoms with Crippen LogP contribution in [0.4, 0.5) is 4.79 Å². The molecule has 0 bridgehead atoms. The molecular weight excluding hydrogens is 372 g/mol. The summed E-state index contributed by atoms with van der Waals surface area (Å²) in [6.45, 7) is 0.977. The van der Waals surface area contributed by atoms with Gasteiger partial charge in [-0.1, -0.05) is 44.1 Å². The first-order valence-electron chi connectivity index (χ1n) is 13.0. The lowest BCUT2D eigenvalue weighted by Gasteiger charge is -2.21. The van der Waals surface area contributed by atoms with Crippen LogP contribution >= 0.6 is 0 Å². The maximum atomic E-state index is 13.0. The Labute approximate surface area is 181 Å². The molecule has 0 aliphatic carbocycles. The number of ketones is 1. The van der Waals surface area contributed by atoms with Gasteiger partial charge in [0, 0.05) is 24.8 Å². The number of benzene rings is 1. The lowest BCUT2D eigenvalue weighted by atomic mass is 9.88. The van der Waals surface area contributed by atoms with Gasteiger partial charge in [-0.3, -0.25) is 9.59 Å². The topological polar surface area (TPSA) is 102 Å². The Hall–Kier alpha value is -2.70. The molecule has 1 aromatic carbocycles. The van der Waals surface area contributed by atoms with E-state index < -0.39 is 66.2 Å². The standard InChI is InChI=1S/C22H30N2O5/c1-15(2)10-19(24-22(28)29-14-16-6-4-3-5-7-16)20(26)12-17(13-25)11-18-8-9-23-21(18)27/h3-7,13,15,17-19H,8-12,14H2,1-2H3,(H,23,27)(H,24,28)/t17-,18+,19+/m1/s1/i3D,4D,5D,6D,7D,14D2. The van der Waals surface area contributed by atoms with Crippen LogP contribution in [-0.2, 0) is 25.7 Å². The highest BCUT2D eigenvalue weighted by Crippen LogP contribution is 2.22. The van der Waals surface area contributed by atoms with Crippen molar-refractivity contribution in [3.05, 3.63) is 35.8 Å². The number of aldehydes is 1. The van der Waals surface area contributed by atoms with Gasteiger partial charge in [0.2, 0.25) is 5.91 Å². The van der Waals surface area contributed by atoms with E-state index in [0.717, 1.165) is 0 Å². The van der Waals surface area contributed by atoms with Crippen molar-refractivity contribution in [1.29, 1.82) is 0 Å². The predicted octanol–water partition coefficient (Wildman–Crippen LogP) is 2.63. The summed E-state index contributed by atoms with van der Waals surface area (Å²) in [6, 6.07) is -5.16. The highest BCUT2D eigenvalue weighted by molar-refractivity contribution is 5.89. The van der Waals surface area contributed by atoms with Gasteiger partial charge in [-0.15, -0.1) is 0 Å². The number of carbonyl (C=O) groups excluding carboxylic acids is 4. The molecule has 1 saturated heterocycles. The van der Waals surface area contributed by atoms with Gasteiger partial charge in [-0.2, -0.15) is 0 Å². The molecule has 7 heteroatoms. The first-order chi connectivity index (χ1) is 16.7. The fourth-order valence-electron chi connectivity index (χ4n) is 3.14. The summed E-state index contributed by atoms with van der Waals surface area (Å²) in [6.07, 6.45) is -0.0989. The molecule has 0 unspecified atom stereocenters. The SMILES string of the molecule is [2H]c1c([2H])c([2H])c(C([2H])([2H])OC(=O)N[C@@H](CC(C)C)C(=O)C[C@H](C=O)C[C@@H]2CCNC2=O)c([2H])c1[2H]. The Bertz CT molecular complexity index is 1010. The Kier molecular flexibility index (Phi) is 5.59. The Morgan fingerprint density at radius 1 is 1.38 bits per heavy atom. The molecule has 1 heterocycles. The van der Waals surface area contributed by atoms with Crippen molar-refractivity contribution in [2.45, 2.75) is 52.1 Å². The zero-order chi connectivity index (χ0) is 27.4. The molecular formula is C22H30N2O5. The number of carbonyl (C=O) groups is 4. The van der Waals surface area contributed by atoms with Crippen molar-refractivity contribution in [3.63, 3.8) is 0 Å². The van der Waals surface area contributed by atoms with Crippen LogP contribution in [0.2, 0.25) is 0 Å². The van der Waals surface area contributed by atoms with E-state index in [1.807, 2.05) is 0 Å². The molecule has 2 N–H and O–H groups in total. The average molecular weight is 410 g/mol. The van der Waals surface area contributed by atoms with Crippen LogP contribution in [0.5, 0.6) is 0 Å². The van der Waals surface area contributed by atoms with Gasteiger partial charge in [0.25, 0.3) is 0 Å². The quantitative estimate of drug-likeness (QED) is 0.547. The lowest BCUT2D eigenvalue weighted by molar-refractivity contribution is -0.127. The highest BCUT2D eigenvalue weighted by atomic mass is 16.5. The minimum Gasteiger partial charge on any atom is -0.445 e. The van der Waals surface area contributed by atoms with Gasteiger partial charge >= 0.3 is 6.09 Å². The van der Waals surface area contributed by atoms with Gasteiger partial charge in [0.15, 0.2) is 5.78 Å². The summed E-state index contributed by atoms with van der Waals surface area (Å²) < 4.78 is 59.7. The number of hydrogen-bond donors (Lipinski definition) is 2. The summed E-state index contributed by atoms with van der Waals surface area (Å²) in [4.78, 5) is 48.9. The Balaban J connectivity index is 2.17. The van der Waals surface area contributed by atoms with Crippen molar-refractivity contribution in [2.24, 2.45) is 17.8 Å². The van der Waals surface area contributed by atoms with Crippen LogP contribution in [0, 0.1) is 17.8 Å². The second-order valence-corrected chi connectivity index (χ2v) is 7.40. The fraction of sp³-hybridized carbons (Fsp3) is 0.545. The number of alkyl carbamates (subject to hydrolysis) is 1. The third-order valence-electron chi connectivity index (χ3n) is 4.54. The number of ether oxygens (including phenoxy) is 1. The molecule has 1 aromatic rings. The smallest absolute Gasteiger partial charge is 0.408 e. The van der Waals surface area contributed by atoms with Crippen molar-refractivity contribution < 1.29 is 33.5 Å². The van der Waals surface area contributed by atoms with Crippen LogP contribution in [0.25, 0.3) is 0 Å². The molecule has 0 aromatic heterocycles. The Morgan fingerprint density at radius 2 is 2.10 bits per heavy atom. The van der Waals surface area contributed by atoms with E-state index in [1.165, 1.54) is 0 Å². The number of rotatable bonds is 11. The molecule has 0 saturated carbocycles. The minimum absolute atomic E-state index is 0.0765. The predicted molar refractivity (Wildman–Crippen MR) is 108 cm³/mol. The molecule has 3 atom stereocenters. The van der Waals surface area contributed by atoms with Crippen LogP contribution in [0.3, 0.4) is 0 Å². The number of Topliss-reactive ketones (excluding diaryl/α,β-unsaturated/α-hetero) is 1. The van der Waals surface area contributed by atoms with Gasteiger partial charge < -0.3 is 20.2 Å². The number of amides is 2. The zero-order valence-electron chi connectivity index (χ0n) is 23.5. The summed E-state index contributed by atoms with van der Waals surface area (Å²) in [5, 5.41) is 4.96. The average Bonchev–Trinajstić information content (AvgIpc) is 3.18. The normalized spacial score (nSPS) is 22.0. The van der Waals surface area contributed by atoms with E-state index in [-0.39, 0.29) is 37.0 Å². The van der Waals surface area contributed by atoms with E-state index in [9.17, 15) is 19.2 Å². The summed E-state index contributed by atoms with van der Waals surface area (Å²) in [5.74, 6) is -1.87. The molecule has 2 amide bonds. The van der Waals surface area contributed by atoms with E-state index in [1.54, 1.807) is 13.8 Å². The van der Waals surface area contributed by atoms with Crippen molar-refractivity contribution in [3.8, 4) is 0 Å². The second kappa shape index (κ2) is 11.3. The minimum atomic E-state index is -3.11. The third-order valence-corrected chi connectivity index (χ3v) is 4.54. The third kappa shape index (κ3) is 7.68. The molecule has 0 radical (unpaired) electrons. The molecule has 2 rings (SSSR count). The van der Waals surface area contributed by atoms with E-state index in [0.29, 0.717) is 19.3 Å². The first-order valence-corrected chi connectivity index (χ1v) is 9.52. The maximum absolute atomic E-state index is 13.0. The number of hydrogen-bond acceptors (Lipinski definition) is 5. The lowest BCUT2D eigenvalue weighted by Crippen LogP contribution is -2.42. The van der Waals surface area contributed by atoms with Crippen LogP contribution < -0.4 is 10.6 Å². The Morgan fingerprint density at radius 3 is 2.69 bits per heavy atom. The highest BCUT2D eigenvalue weighted by Gasteiger charge is 2.30. The maximum Gasteiger partial charge on any atom is 0.408 e. The fourth-order valence-corrected chi connectivity index (χ4v) is 3.14. The molecule has 29 heavy (non-hydrogen) atoms. The zero-order valence-corrected chi connectivity index (χ0v) is 16.5. The second-order valence-electron chi connectivity index (χ2n) is 7.40. The van der Waals surface area contributed by atoms with Gasteiger partial charge in [0.05, 0.1) is 15.6 Å². The largest absolute Gasteiger partial charge is 0.445 e. The summed E-state index contributed by atoms with van der Waals surface area (Å²) >= 11 is 0. The first kappa shape index (κ1) is 14.3. The summed E-state index contributed by atoms with van der Waals surface area (Å²) in [7, 11) is 0. The molecule has 158 valence electrons. The van der Waals surface area contributed by atoms with Crippen molar-refractivity contribution in [2.75, 3.05) is 6.54 Å². The molecule has 0 spiro atoms. The van der Waals surface area contributed by atoms with Gasteiger partial charge in [-0.05, 0) is 30.7 Å². The van der Waals surface area contributed by atoms with Crippen LogP contribution in [0.15, 0.2) is 30.2 Å². The van der Waals surface area contributed by atoms with E-state index in [2.05, 4.69) is 10.6 Å². The van der Waals surface area contributed by atoms with E-state index in [4.69, 9.17) is 14.3 Å². The van der Waals surface area contributed by atoms with Crippen LogP contribution in [0.1, 0.15) is 54.7 Å². The number of nitrogens with one attached hydrogen (secondary N) is 2. The van der Waals surface area contributed by atoms with Gasteiger partial charge in [-0.25, -0.2) is 4.79 Å². The van der Waals surface area contributed by atoms with E-state index >= 15 is 0 Å². The molecule has 1 aliphatic rings. The summed E-state index contributed by atoms with van der Waals surface area (Å²) in [5.41, 5.74) is -0.855. The molecule has 1 fully saturated rings. The van der Waals surface area contributed by atoms with Crippen LogP contribution in [-0.4, -0.2) is 36.7 Å². The van der Waals surface area contributed by atoms with Crippen molar-refractivity contribution in [1.82, 2.24) is 10.6 Å². The monoisotopic (exact) mass is 409 g/mol. The molecule has 7 nitrogen and oxygen atoms in total.